The van der Waals surface area contributed by atoms with Crippen molar-refractivity contribution in [1.82, 2.24) is 15.5 Å². The third-order valence-electron chi connectivity index (χ3n) is 3.25. The Bertz CT molecular complexity index is 258. The van der Waals surface area contributed by atoms with Gasteiger partial charge in [-0.15, -0.1) is 0 Å². The average molecular weight is 227 g/mol. The summed E-state index contributed by atoms with van der Waals surface area (Å²) in [5.74, 6) is 0.195. The van der Waals surface area contributed by atoms with E-state index in [9.17, 15) is 4.79 Å². The Morgan fingerprint density at radius 3 is 3.00 bits per heavy atom. The molecule has 5 nitrogen and oxygen atoms in total. The smallest absolute Gasteiger partial charge is 0.225 e. The van der Waals surface area contributed by atoms with Gasteiger partial charge in [0.1, 0.15) is 0 Å². The Kier molecular flexibility index (Phi) is 3.78. The molecule has 2 heterocycles. The fourth-order valence-corrected chi connectivity index (χ4v) is 2.35. The maximum absolute atomic E-state index is 11.9. The van der Waals surface area contributed by atoms with E-state index in [4.69, 9.17) is 4.74 Å². The van der Waals surface area contributed by atoms with Gasteiger partial charge in [0.25, 0.3) is 0 Å². The van der Waals surface area contributed by atoms with Crippen molar-refractivity contribution in [3.8, 4) is 0 Å². The summed E-state index contributed by atoms with van der Waals surface area (Å²) in [5.41, 5.74) is 0. The molecule has 2 rings (SSSR count). The summed E-state index contributed by atoms with van der Waals surface area (Å²) in [4.78, 5) is 14.0. The number of likely N-dealkylation sites (N-methyl/N-ethyl adjacent to an activating group) is 1. The molecule has 2 aliphatic rings. The van der Waals surface area contributed by atoms with E-state index < -0.39 is 0 Å². The second kappa shape index (κ2) is 5.12. The van der Waals surface area contributed by atoms with Gasteiger partial charge in [0.05, 0.1) is 18.1 Å². The first-order valence-corrected chi connectivity index (χ1v) is 5.95. The van der Waals surface area contributed by atoms with Crippen LogP contribution < -0.4 is 10.6 Å². The highest BCUT2D eigenvalue weighted by Crippen LogP contribution is 2.28. The van der Waals surface area contributed by atoms with E-state index in [1.54, 1.807) is 0 Å². The molecule has 0 aromatic rings. The van der Waals surface area contributed by atoms with Crippen LogP contribution in [0.25, 0.3) is 0 Å². The zero-order valence-electron chi connectivity index (χ0n) is 10.0. The molecule has 0 unspecified atom stereocenters. The van der Waals surface area contributed by atoms with Crippen LogP contribution in [0.1, 0.15) is 6.42 Å². The maximum atomic E-state index is 11.9. The third-order valence-corrected chi connectivity index (χ3v) is 3.25. The predicted molar refractivity (Wildman–Crippen MR) is 61.2 cm³/mol. The Morgan fingerprint density at radius 2 is 2.31 bits per heavy atom. The minimum absolute atomic E-state index is 0.0437. The molecule has 0 radical (unpaired) electrons. The van der Waals surface area contributed by atoms with E-state index in [0.29, 0.717) is 6.54 Å². The van der Waals surface area contributed by atoms with Gasteiger partial charge in [0.2, 0.25) is 5.91 Å². The van der Waals surface area contributed by atoms with Crippen LogP contribution in [0.2, 0.25) is 0 Å². The van der Waals surface area contributed by atoms with Gasteiger partial charge < -0.3 is 20.3 Å². The lowest BCUT2D eigenvalue weighted by atomic mass is 9.99. The number of nitrogens with one attached hydrogen (secondary N) is 2. The number of carbonyl (C=O) groups is 1. The van der Waals surface area contributed by atoms with Crippen LogP contribution in [0.5, 0.6) is 0 Å². The number of fused-ring (bicyclic) bond motifs is 2. The van der Waals surface area contributed by atoms with Crippen molar-refractivity contribution in [3.05, 3.63) is 0 Å². The summed E-state index contributed by atoms with van der Waals surface area (Å²) in [6, 6.07) is 0. The monoisotopic (exact) mass is 227 g/mol. The van der Waals surface area contributed by atoms with E-state index in [-0.39, 0.29) is 24.0 Å². The number of morpholine rings is 1. The molecular weight excluding hydrogens is 206 g/mol. The quantitative estimate of drug-likeness (QED) is 0.649. The molecule has 2 bridgehead atoms. The highest BCUT2D eigenvalue weighted by Gasteiger charge is 2.41. The summed E-state index contributed by atoms with van der Waals surface area (Å²) in [5, 5.41) is 6.27. The van der Waals surface area contributed by atoms with Gasteiger partial charge >= 0.3 is 0 Å². The number of nitrogens with zero attached hydrogens (tertiary/aromatic N) is 1. The highest BCUT2D eigenvalue weighted by molar-refractivity contribution is 5.79. The molecule has 0 aliphatic carbocycles. The summed E-state index contributed by atoms with van der Waals surface area (Å²) in [6.45, 7) is 3.29. The normalized spacial score (nSPS) is 33.1. The fraction of sp³-hybridized carbons (Fsp3) is 0.909. The van der Waals surface area contributed by atoms with Crippen LogP contribution in [-0.4, -0.2) is 63.3 Å². The van der Waals surface area contributed by atoms with Crippen LogP contribution in [0, 0.1) is 5.92 Å². The lowest BCUT2D eigenvalue weighted by Gasteiger charge is -2.22. The number of hydrogen-bond acceptors (Lipinski definition) is 4. The lowest BCUT2D eigenvalue weighted by molar-refractivity contribution is -0.126. The van der Waals surface area contributed by atoms with Gasteiger partial charge in [-0.1, -0.05) is 0 Å². The number of hydrogen-bond donors (Lipinski definition) is 2. The molecule has 3 atom stereocenters. The van der Waals surface area contributed by atoms with Crippen LogP contribution in [-0.2, 0) is 9.53 Å². The van der Waals surface area contributed by atoms with E-state index in [1.165, 1.54) is 0 Å². The molecule has 0 aromatic carbocycles. The number of ether oxygens (including phenoxy) is 1. The van der Waals surface area contributed by atoms with E-state index in [2.05, 4.69) is 15.5 Å². The summed E-state index contributed by atoms with van der Waals surface area (Å²) >= 11 is 0. The molecular formula is C11H21N3O2. The second-order valence-corrected chi connectivity index (χ2v) is 4.89. The molecule has 2 fully saturated rings. The maximum Gasteiger partial charge on any atom is 0.225 e. The molecule has 5 heteroatoms. The fourth-order valence-electron chi connectivity index (χ4n) is 2.35. The molecule has 0 saturated carbocycles. The molecule has 1 amide bonds. The van der Waals surface area contributed by atoms with Gasteiger partial charge in [-0.2, -0.15) is 0 Å². The van der Waals surface area contributed by atoms with Gasteiger partial charge in [-0.3, -0.25) is 4.79 Å². The van der Waals surface area contributed by atoms with E-state index >= 15 is 0 Å². The van der Waals surface area contributed by atoms with Crippen molar-refractivity contribution in [1.29, 1.82) is 0 Å². The summed E-state index contributed by atoms with van der Waals surface area (Å²) in [6.07, 6.45) is 1.19. The summed E-state index contributed by atoms with van der Waals surface area (Å²) < 4.78 is 5.72. The van der Waals surface area contributed by atoms with Crippen LogP contribution in [0.4, 0.5) is 0 Å². The van der Waals surface area contributed by atoms with Crippen molar-refractivity contribution in [2.24, 2.45) is 5.92 Å². The Morgan fingerprint density at radius 1 is 1.50 bits per heavy atom. The Hall–Kier alpha value is -0.650. The second-order valence-electron chi connectivity index (χ2n) is 4.89. The van der Waals surface area contributed by atoms with Crippen molar-refractivity contribution < 1.29 is 9.53 Å². The molecule has 92 valence electrons. The van der Waals surface area contributed by atoms with E-state index in [1.807, 2.05) is 14.1 Å². The topological polar surface area (TPSA) is 53.6 Å². The standard InChI is InChI=1S/C11H21N3O2/c1-14(2)4-3-13-11(15)9-5-8-6-12-7-10(9)16-8/h8-10,12H,3-7H2,1-2H3,(H,13,15)/t8-,9+,10+/m0/s1. The van der Waals surface area contributed by atoms with Gasteiger partial charge in [-0.25, -0.2) is 0 Å². The zero-order chi connectivity index (χ0) is 11.5. The van der Waals surface area contributed by atoms with Crippen LogP contribution in [0.3, 0.4) is 0 Å². The van der Waals surface area contributed by atoms with Crippen molar-refractivity contribution in [2.75, 3.05) is 40.3 Å². The molecule has 0 spiro atoms. The van der Waals surface area contributed by atoms with Crippen LogP contribution >= 0.6 is 0 Å². The molecule has 16 heavy (non-hydrogen) atoms. The minimum atomic E-state index is 0.0437. The zero-order valence-corrected chi connectivity index (χ0v) is 10.0. The van der Waals surface area contributed by atoms with Crippen molar-refractivity contribution >= 4 is 5.91 Å². The van der Waals surface area contributed by atoms with Crippen LogP contribution in [0.15, 0.2) is 0 Å². The summed E-state index contributed by atoms with van der Waals surface area (Å²) in [7, 11) is 4.00. The predicted octanol–water partition coefficient (Wildman–Crippen LogP) is -0.959. The van der Waals surface area contributed by atoms with Gasteiger partial charge in [0, 0.05) is 26.2 Å². The van der Waals surface area contributed by atoms with Gasteiger partial charge in [0.15, 0.2) is 0 Å². The first-order chi connectivity index (χ1) is 7.66. The van der Waals surface area contributed by atoms with Crippen molar-refractivity contribution in [2.45, 2.75) is 18.6 Å². The lowest BCUT2D eigenvalue weighted by Crippen LogP contribution is -2.43. The molecule has 2 N–H and O–H groups in total. The largest absolute Gasteiger partial charge is 0.371 e. The third kappa shape index (κ3) is 2.72. The molecule has 2 saturated heterocycles. The van der Waals surface area contributed by atoms with Gasteiger partial charge in [-0.05, 0) is 20.5 Å². The number of amides is 1. The first kappa shape index (κ1) is 11.8. The highest BCUT2D eigenvalue weighted by atomic mass is 16.5. The molecule has 2 aliphatic heterocycles. The molecule has 0 aromatic heterocycles. The van der Waals surface area contributed by atoms with Crippen molar-refractivity contribution in [3.63, 3.8) is 0 Å². The Balaban J connectivity index is 1.77. The first-order valence-electron chi connectivity index (χ1n) is 5.95. The Labute approximate surface area is 96.5 Å². The van der Waals surface area contributed by atoms with E-state index in [0.717, 1.165) is 26.1 Å². The average Bonchev–Trinajstić information content (AvgIpc) is 2.53. The SMILES string of the molecule is CN(C)CCNC(=O)[C@@H]1C[C@H]2CNC[C@H]1O2. The minimum Gasteiger partial charge on any atom is -0.371 e. The number of carbonyl (C=O) groups excluding carboxylic acids is 1. The number of rotatable bonds is 4.